The van der Waals surface area contributed by atoms with Gasteiger partial charge in [0.1, 0.15) is 0 Å². The topological polar surface area (TPSA) is 108 Å². The highest BCUT2D eigenvalue weighted by Crippen LogP contribution is 2.15. The average Bonchev–Trinajstić information content (AvgIpc) is 2.46. The van der Waals surface area contributed by atoms with E-state index in [2.05, 4.69) is 10.6 Å². The number of aliphatic hydroxyl groups is 1. The van der Waals surface area contributed by atoms with Crippen LogP contribution in [-0.4, -0.2) is 48.6 Å². The molecule has 0 aliphatic carbocycles. The second kappa shape index (κ2) is 8.93. The van der Waals surface area contributed by atoms with Gasteiger partial charge in [-0.2, -0.15) is 0 Å². The Morgan fingerprint density at radius 3 is 2.71 bits per heavy atom. The minimum atomic E-state index is -1.47. The number of methoxy groups -OCH3 is 1. The van der Waals surface area contributed by atoms with Gasteiger partial charge in [-0.3, -0.25) is 0 Å². The van der Waals surface area contributed by atoms with Gasteiger partial charge in [0.25, 0.3) is 0 Å². The van der Waals surface area contributed by atoms with Crippen molar-refractivity contribution in [1.82, 2.24) is 5.32 Å². The molecule has 0 saturated carbocycles. The van der Waals surface area contributed by atoms with Crippen LogP contribution in [0.25, 0.3) is 0 Å². The van der Waals surface area contributed by atoms with Gasteiger partial charge >= 0.3 is 12.0 Å². The fraction of sp³-hybridized carbons (Fsp3) is 0.429. The molecule has 1 aromatic carbocycles. The zero-order valence-electron chi connectivity index (χ0n) is 11.8. The molecule has 116 valence electrons. The molecule has 4 N–H and O–H groups in total. The van der Waals surface area contributed by atoms with Gasteiger partial charge in [-0.05, 0) is 18.1 Å². The number of carbonyl (C=O) groups is 2. The minimum absolute atomic E-state index is 0.0475. The second-order valence-corrected chi connectivity index (χ2v) is 4.42. The van der Waals surface area contributed by atoms with Gasteiger partial charge in [-0.15, -0.1) is 0 Å². The molecule has 2 amide bonds. The van der Waals surface area contributed by atoms with Crippen LogP contribution in [0.4, 0.5) is 10.5 Å². The molecule has 1 aromatic rings. The van der Waals surface area contributed by atoms with Crippen molar-refractivity contribution in [2.45, 2.75) is 18.9 Å². The molecule has 1 rings (SSSR count). The number of anilines is 1. The van der Waals surface area contributed by atoms with E-state index in [1.165, 1.54) is 0 Å². The molecule has 0 spiro atoms. The van der Waals surface area contributed by atoms with Crippen LogP contribution in [0.2, 0.25) is 0 Å². The quantitative estimate of drug-likeness (QED) is 0.568. The fourth-order valence-corrected chi connectivity index (χ4v) is 1.68. The maximum atomic E-state index is 11.7. The molecule has 0 saturated heterocycles. The molecule has 1 unspecified atom stereocenters. The molecule has 7 heteroatoms. The average molecular weight is 296 g/mol. The van der Waals surface area contributed by atoms with Gasteiger partial charge in [-0.25, -0.2) is 9.59 Å². The first kappa shape index (κ1) is 16.9. The molecule has 0 aliphatic heterocycles. The number of carbonyl (C=O) groups excluding carboxylic acids is 1. The smallest absolute Gasteiger partial charge is 0.332 e. The van der Waals surface area contributed by atoms with Crippen molar-refractivity contribution in [3.05, 3.63) is 29.8 Å². The standard InChI is InChI=1S/C14H20N2O5/c1-21-9-7-10-4-2-3-5-11(10)16-14(20)15-8-6-12(17)13(18)19/h2-5,12,17H,6-9H2,1H3,(H,18,19)(H2,15,16,20). The summed E-state index contributed by atoms with van der Waals surface area (Å²) < 4.78 is 5.01. The lowest BCUT2D eigenvalue weighted by Gasteiger charge is -2.12. The highest BCUT2D eigenvalue weighted by molar-refractivity contribution is 5.90. The normalized spacial score (nSPS) is 11.7. The monoisotopic (exact) mass is 296 g/mol. The van der Waals surface area contributed by atoms with E-state index in [-0.39, 0.29) is 13.0 Å². The SMILES string of the molecule is COCCc1ccccc1NC(=O)NCCC(O)C(=O)O. The van der Waals surface area contributed by atoms with E-state index in [0.717, 1.165) is 5.56 Å². The first-order valence-electron chi connectivity index (χ1n) is 6.57. The lowest BCUT2D eigenvalue weighted by Crippen LogP contribution is -2.33. The summed E-state index contributed by atoms with van der Waals surface area (Å²) in [6, 6.07) is 6.90. The molecular weight excluding hydrogens is 276 g/mol. The largest absolute Gasteiger partial charge is 0.479 e. The second-order valence-electron chi connectivity index (χ2n) is 4.42. The highest BCUT2D eigenvalue weighted by atomic mass is 16.5. The van der Waals surface area contributed by atoms with Crippen molar-refractivity contribution in [3.63, 3.8) is 0 Å². The summed E-state index contributed by atoms with van der Waals surface area (Å²) in [5, 5.41) is 22.8. The van der Waals surface area contributed by atoms with E-state index < -0.39 is 18.1 Å². The molecule has 0 radical (unpaired) electrons. The summed E-state index contributed by atoms with van der Waals surface area (Å²) in [4.78, 5) is 22.1. The van der Waals surface area contributed by atoms with E-state index in [1.54, 1.807) is 19.2 Å². The molecule has 0 heterocycles. The van der Waals surface area contributed by atoms with Crippen LogP contribution in [-0.2, 0) is 16.0 Å². The molecular formula is C14H20N2O5. The van der Waals surface area contributed by atoms with E-state index in [4.69, 9.17) is 14.9 Å². The summed E-state index contributed by atoms with van der Waals surface area (Å²) in [6.45, 7) is 0.616. The molecule has 0 bridgehead atoms. The van der Waals surface area contributed by atoms with Crippen molar-refractivity contribution in [3.8, 4) is 0 Å². The van der Waals surface area contributed by atoms with Crippen LogP contribution in [0, 0.1) is 0 Å². The predicted octanol–water partition coefficient (Wildman–Crippen LogP) is 0.833. The van der Waals surface area contributed by atoms with E-state index in [1.807, 2.05) is 12.1 Å². The number of para-hydroxylation sites is 1. The number of rotatable bonds is 8. The Bertz CT molecular complexity index is 478. The summed E-state index contributed by atoms with van der Waals surface area (Å²) in [6.07, 6.45) is -0.849. The number of nitrogens with one attached hydrogen (secondary N) is 2. The van der Waals surface area contributed by atoms with Gasteiger partial charge in [0.05, 0.1) is 6.61 Å². The maximum absolute atomic E-state index is 11.7. The Morgan fingerprint density at radius 2 is 2.05 bits per heavy atom. The third-order valence-electron chi connectivity index (χ3n) is 2.83. The lowest BCUT2D eigenvalue weighted by atomic mass is 10.1. The van der Waals surface area contributed by atoms with Crippen molar-refractivity contribution in [2.75, 3.05) is 25.6 Å². The number of carboxylic acid groups (broad SMARTS) is 1. The predicted molar refractivity (Wildman–Crippen MR) is 77.3 cm³/mol. The third kappa shape index (κ3) is 6.24. The number of amides is 2. The van der Waals surface area contributed by atoms with Crippen molar-refractivity contribution < 1.29 is 24.5 Å². The Morgan fingerprint density at radius 1 is 1.33 bits per heavy atom. The zero-order valence-corrected chi connectivity index (χ0v) is 11.8. The number of urea groups is 1. The van der Waals surface area contributed by atoms with Crippen molar-refractivity contribution in [1.29, 1.82) is 0 Å². The number of aliphatic hydroxyl groups excluding tert-OH is 1. The minimum Gasteiger partial charge on any atom is -0.479 e. The Balaban J connectivity index is 2.45. The number of benzene rings is 1. The zero-order chi connectivity index (χ0) is 15.7. The van der Waals surface area contributed by atoms with Crippen LogP contribution < -0.4 is 10.6 Å². The maximum Gasteiger partial charge on any atom is 0.332 e. The van der Waals surface area contributed by atoms with Gasteiger partial charge in [0.15, 0.2) is 6.10 Å². The van der Waals surface area contributed by atoms with Crippen LogP contribution in [0.3, 0.4) is 0 Å². The van der Waals surface area contributed by atoms with E-state index in [9.17, 15) is 9.59 Å². The Labute approximate surface area is 122 Å². The van der Waals surface area contributed by atoms with Crippen LogP contribution in [0.1, 0.15) is 12.0 Å². The summed E-state index contributed by atoms with van der Waals surface area (Å²) in [5.41, 5.74) is 1.62. The number of hydrogen-bond acceptors (Lipinski definition) is 4. The van der Waals surface area contributed by atoms with E-state index >= 15 is 0 Å². The van der Waals surface area contributed by atoms with Crippen LogP contribution >= 0.6 is 0 Å². The van der Waals surface area contributed by atoms with Gasteiger partial charge in [0, 0.05) is 25.8 Å². The fourth-order valence-electron chi connectivity index (χ4n) is 1.68. The van der Waals surface area contributed by atoms with Gasteiger partial charge in [0.2, 0.25) is 0 Å². The number of aliphatic carboxylic acids is 1. The van der Waals surface area contributed by atoms with Crippen molar-refractivity contribution >= 4 is 17.7 Å². The summed E-state index contributed by atoms with van der Waals surface area (Å²) >= 11 is 0. The first-order valence-corrected chi connectivity index (χ1v) is 6.57. The molecule has 21 heavy (non-hydrogen) atoms. The lowest BCUT2D eigenvalue weighted by molar-refractivity contribution is -0.146. The molecule has 0 aliphatic rings. The Hall–Kier alpha value is -2.12. The van der Waals surface area contributed by atoms with Crippen LogP contribution in [0.5, 0.6) is 0 Å². The van der Waals surface area contributed by atoms with Gasteiger partial charge in [-0.1, -0.05) is 18.2 Å². The molecule has 7 nitrogen and oxygen atoms in total. The Kier molecular flexibility index (Phi) is 7.20. The first-order chi connectivity index (χ1) is 10.0. The van der Waals surface area contributed by atoms with Crippen molar-refractivity contribution in [2.24, 2.45) is 0 Å². The number of hydrogen-bond donors (Lipinski definition) is 4. The highest BCUT2D eigenvalue weighted by Gasteiger charge is 2.13. The van der Waals surface area contributed by atoms with E-state index in [0.29, 0.717) is 18.7 Å². The number of carboxylic acids is 1. The molecule has 1 atom stereocenters. The summed E-state index contributed by atoms with van der Waals surface area (Å²) in [5.74, 6) is -1.30. The van der Waals surface area contributed by atoms with Crippen LogP contribution in [0.15, 0.2) is 24.3 Å². The molecule has 0 fully saturated rings. The molecule has 0 aromatic heterocycles. The number of ether oxygens (including phenoxy) is 1. The third-order valence-corrected chi connectivity index (χ3v) is 2.83. The summed E-state index contributed by atoms with van der Waals surface area (Å²) in [7, 11) is 1.61. The van der Waals surface area contributed by atoms with Gasteiger partial charge < -0.3 is 25.6 Å².